The predicted molar refractivity (Wildman–Crippen MR) is 172 cm³/mol. The van der Waals surface area contributed by atoms with E-state index in [1.54, 1.807) is 0 Å². The lowest BCUT2D eigenvalue weighted by Gasteiger charge is -2.46. The third kappa shape index (κ3) is 7.01. The summed E-state index contributed by atoms with van der Waals surface area (Å²) >= 11 is 0. The summed E-state index contributed by atoms with van der Waals surface area (Å²) in [6.07, 6.45) is -8.17. The lowest BCUT2D eigenvalue weighted by atomic mass is 9.85. The Morgan fingerprint density at radius 1 is 0.403 bits per heavy atom. The van der Waals surface area contributed by atoms with E-state index in [-0.39, 0.29) is 32.0 Å². The summed E-state index contributed by atoms with van der Waals surface area (Å²) in [5.41, 5.74) is 0.673. The van der Waals surface area contributed by atoms with Crippen molar-refractivity contribution in [2.45, 2.75) is 122 Å². The first-order valence-corrected chi connectivity index (χ1v) is 18.1. The molecule has 0 radical (unpaired) electrons. The summed E-state index contributed by atoms with van der Waals surface area (Å²) in [5, 5.41) is 0. The molecule has 62 heavy (non-hydrogen) atoms. The number of carbonyl (C=O) groups excluding carboxylic acids is 1. The van der Waals surface area contributed by atoms with Crippen molar-refractivity contribution in [2.75, 3.05) is 0 Å². The molecule has 350 valence electrons. The SMILES string of the molecule is Cc1cc(C)c(S(OC(=O)C(F)(F)C(F)(F)C(F)(F)C(F)(F)C(F)(F)C(F)(F)C(F)(F)C(F)(F)C(F)(F)C(F)(F)C(F)(F)F)(c2ccccc2)c2c(C)cc(C)cc2C)c(C)c1. The van der Waals surface area contributed by atoms with E-state index in [9.17, 15) is 79.4 Å². The lowest BCUT2D eigenvalue weighted by molar-refractivity contribution is -0.477. The van der Waals surface area contributed by atoms with Crippen molar-refractivity contribution in [1.29, 1.82) is 0 Å². The van der Waals surface area contributed by atoms with Gasteiger partial charge in [0.2, 0.25) is 0 Å². The second kappa shape index (κ2) is 15.3. The highest BCUT2D eigenvalue weighted by Crippen LogP contribution is 2.74. The molecule has 0 aliphatic heterocycles. The first kappa shape index (κ1) is 52.2. The van der Waals surface area contributed by atoms with E-state index in [0.29, 0.717) is 11.1 Å². The van der Waals surface area contributed by atoms with Crippen LogP contribution < -0.4 is 0 Å². The number of halogens is 23. The van der Waals surface area contributed by atoms with Gasteiger partial charge in [-0.3, -0.25) is 0 Å². The van der Waals surface area contributed by atoms with E-state index < -0.39 is 86.6 Å². The molecule has 0 saturated carbocycles. The number of alkyl halides is 23. The Kier molecular flexibility index (Phi) is 12.8. The molecule has 3 aromatic carbocycles. The summed E-state index contributed by atoms with van der Waals surface area (Å²) in [6, 6.07) is 10.7. The summed E-state index contributed by atoms with van der Waals surface area (Å²) in [7, 11) is -4.49. The molecule has 26 heteroatoms. The van der Waals surface area contributed by atoms with Gasteiger partial charge in [0.25, 0.3) is 0 Å². The van der Waals surface area contributed by atoms with Crippen LogP contribution in [0.1, 0.15) is 33.4 Å². The minimum Gasteiger partial charge on any atom is -0.397 e. The molecule has 0 unspecified atom stereocenters. The Labute approximate surface area is 335 Å². The van der Waals surface area contributed by atoms with E-state index >= 15 is 26.3 Å². The molecule has 0 fully saturated rings. The zero-order valence-electron chi connectivity index (χ0n) is 31.6. The van der Waals surface area contributed by atoms with Gasteiger partial charge in [0.1, 0.15) is 0 Å². The van der Waals surface area contributed by atoms with Crippen molar-refractivity contribution in [3.63, 3.8) is 0 Å². The zero-order valence-corrected chi connectivity index (χ0v) is 32.4. The average Bonchev–Trinajstić information content (AvgIpc) is 3.09. The number of hydrogen-bond donors (Lipinski definition) is 0. The van der Waals surface area contributed by atoms with Crippen molar-refractivity contribution in [2.24, 2.45) is 0 Å². The van der Waals surface area contributed by atoms with Crippen LogP contribution in [-0.2, 0) is 8.98 Å². The van der Waals surface area contributed by atoms with Gasteiger partial charge < -0.3 is 4.18 Å². The molecule has 0 aliphatic carbocycles. The van der Waals surface area contributed by atoms with Crippen molar-refractivity contribution < 1.29 is 110 Å². The summed E-state index contributed by atoms with van der Waals surface area (Å²) < 4.78 is 332. The third-order valence-corrected chi connectivity index (χ3v) is 13.0. The molecule has 0 saturated heterocycles. The van der Waals surface area contributed by atoms with Crippen LogP contribution in [0.25, 0.3) is 0 Å². The molecular weight excluding hydrogens is 933 g/mol. The van der Waals surface area contributed by atoms with E-state index in [4.69, 9.17) is 4.18 Å². The van der Waals surface area contributed by atoms with Crippen LogP contribution >= 0.6 is 10.3 Å². The number of aryl methyl sites for hydroxylation is 6. The average molecular weight is 961 g/mol. The van der Waals surface area contributed by atoms with Gasteiger partial charge in [0, 0.05) is 14.7 Å². The van der Waals surface area contributed by atoms with E-state index in [0.717, 1.165) is 24.3 Å². The standard InChI is InChI=1S/C36H27F23O2S/c1-16-12-18(3)23(19(4)13-16)62(22-10-8-7-9-11-22,24-20(5)14-17(2)15-21(24)6)61-25(60)26(37,38)27(39,40)28(41,42)29(43,44)30(45,46)31(47,48)32(49,50)33(51,52)34(53,54)35(55,56)36(57,58)59/h7-15H,1-6H3. The molecule has 0 aromatic heterocycles. The maximum atomic E-state index is 15.7. The fourth-order valence-electron chi connectivity index (χ4n) is 6.37. The molecule has 3 rings (SSSR count). The Balaban J connectivity index is 2.37. The Morgan fingerprint density at radius 2 is 0.661 bits per heavy atom. The van der Waals surface area contributed by atoms with Crippen LogP contribution in [0.4, 0.5) is 101 Å². The first-order valence-electron chi connectivity index (χ1n) is 16.5. The van der Waals surface area contributed by atoms with Crippen molar-refractivity contribution in [3.8, 4) is 0 Å². The first-order chi connectivity index (χ1) is 27.4. The molecule has 0 atom stereocenters. The van der Waals surface area contributed by atoms with Crippen LogP contribution in [0, 0.1) is 41.5 Å². The van der Waals surface area contributed by atoms with Gasteiger partial charge in [-0.05, 0) is 86.2 Å². The summed E-state index contributed by atoms with van der Waals surface area (Å²) in [5.74, 6) is -94.6. The molecule has 3 aromatic rings. The molecule has 0 N–H and O–H groups in total. The highest BCUT2D eigenvalue weighted by atomic mass is 32.3. The second-order valence-corrected chi connectivity index (χ2v) is 16.5. The van der Waals surface area contributed by atoms with Crippen LogP contribution in [0.2, 0.25) is 0 Å². The maximum Gasteiger partial charge on any atom is 0.460 e. The Bertz CT molecular complexity index is 2070. The number of rotatable bonds is 14. The fourth-order valence-corrected chi connectivity index (χ4v) is 10.2. The van der Waals surface area contributed by atoms with Gasteiger partial charge in [0.05, 0.1) is 0 Å². The lowest BCUT2D eigenvalue weighted by Crippen LogP contribution is -2.78. The third-order valence-electron chi connectivity index (χ3n) is 9.22. The minimum atomic E-state index is -9.57. The van der Waals surface area contributed by atoms with Crippen LogP contribution in [0.5, 0.6) is 0 Å². The fraction of sp³-hybridized carbons (Fsp3) is 0.472. The molecule has 0 heterocycles. The normalized spacial score (nSPS) is 15.2. The molecule has 0 amide bonds. The van der Waals surface area contributed by atoms with Crippen LogP contribution in [-0.4, -0.2) is 71.4 Å². The van der Waals surface area contributed by atoms with Crippen molar-refractivity contribution in [1.82, 2.24) is 0 Å². The maximum absolute atomic E-state index is 15.7. The Hall–Kier alpha value is -4.13. The summed E-state index contributed by atoms with van der Waals surface area (Å²) in [4.78, 5) is 12.3. The second-order valence-electron chi connectivity index (χ2n) is 13.9. The van der Waals surface area contributed by atoms with E-state index in [2.05, 4.69) is 0 Å². The smallest absolute Gasteiger partial charge is 0.397 e. The monoisotopic (exact) mass is 960 g/mol. The topological polar surface area (TPSA) is 26.3 Å². The van der Waals surface area contributed by atoms with Crippen molar-refractivity contribution >= 4 is 16.3 Å². The van der Waals surface area contributed by atoms with Crippen molar-refractivity contribution in [3.05, 3.63) is 88.0 Å². The highest BCUT2D eigenvalue weighted by molar-refractivity contribution is 8.30. The Morgan fingerprint density at radius 3 is 0.935 bits per heavy atom. The zero-order chi connectivity index (χ0) is 48.8. The van der Waals surface area contributed by atoms with E-state index in [1.165, 1.54) is 71.9 Å². The number of carbonyl (C=O) groups is 1. The molecule has 0 bridgehead atoms. The minimum absolute atomic E-state index is 0.0290. The van der Waals surface area contributed by atoms with Gasteiger partial charge in [0.15, 0.2) is 0 Å². The van der Waals surface area contributed by atoms with Gasteiger partial charge in [-0.25, -0.2) is 4.79 Å². The largest absolute Gasteiger partial charge is 0.460 e. The van der Waals surface area contributed by atoms with Gasteiger partial charge >= 0.3 is 71.4 Å². The summed E-state index contributed by atoms with van der Waals surface area (Å²) in [6.45, 7) is 7.86. The van der Waals surface area contributed by atoms with Gasteiger partial charge in [-0.1, -0.05) is 53.6 Å². The number of hydrogen-bond acceptors (Lipinski definition) is 2. The molecule has 0 spiro atoms. The molecule has 0 aliphatic rings. The van der Waals surface area contributed by atoms with Crippen LogP contribution in [0.15, 0.2) is 69.3 Å². The predicted octanol–water partition coefficient (Wildman–Crippen LogP) is 14.2. The number of benzene rings is 3. The highest BCUT2D eigenvalue weighted by Gasteiger charge is 2.99. The van der Waals surface area contributed by atoms with Gasteiger partial charge in [-0.2, -0.15) is 101 Å². The molecular formula is C36H27F23O2S. The van der Waals surface area contributed by atoms with Crippen LogP contribution in [0.3, 0.4) is 0 Å². The molecule has 2 nitrogen and oxygen atoms in total. The quantitative estimate of drug-likeness (QED) is 0.151. The van der Waals surface area contributed by atoms with Gasteiger partial charge in [-0.15, -0.1) is 0 Å². The van der Waals surface area contributed by atoms with E-state index in [1.807, 2.05) is 0 Å².